The van der Waals surface area contributed by atoms with Crippen molar-refractivity contribution in [1.29, 1.82) is 0 Å². The number of hydrogen-bond donors (Lipinski definition) is 1. The fraction of sp³-hybridized carbons (Fsp3) is 0.308. The van der Waals surface area contributed by atoms with E-state index in [0.717, 1.165) is 6.08 Å². The average Bonchev–Trinajstić information content (AvgIpc) is 2.33. The highest BCUT2D eigenvalue weighted by molar-refractivity contribution is 6.32. The number of halogens is 4. The summed E-state index contributed by atoms with van der Waals surface area (Å²) in [6, 6.07) is 1.37. The van der Waals surface area contributed by atoms with E-state index in [9.17, 15) is 18.0 Å². The maximum Gasteiger partial charge on any atom is 0.430 e. The second-order valence-electron chi connectivity index (χ2n) is 4.49. The Kier molecular flexibility index (Phi) is 3.46. The maximum absolute atomic E-state index is 12.9. The number of hydrogen-bond acceptors (Lipinski definition) is 2. The van der Waals surface area contributed by atoms with Gasteiger partial charge in [0.25, 0.3) is 0 Å². The SMILES string of the molecule is Cc1cc2c(c(C)c1Cl)C=C(C(=O)O)[C@@H](C(F)(F)F)O2. The van der Waals surface area contributed by atoms with Crippen molar-refractivity contribution in [2.75, 3.05) is 0 Å². The zero-order valence-electron chi connectivity index (χ0n) is 10.5. The number of carboxylic acids is 1. The van der Waals surface area contributed by atoms with E-state index in [1.807, 2.05) is 0 Å². The molecule has 0 radical (unpaired) electrons. The van der Waals surface area contributed by atoms with Crippen molar-refractivity contribution in [3.63, 3.8) is 0 Å². The lowest BCUT2D eigenvalue weighted by atomic mass is 9.96. The monoisotopic (exact) mass is 306 g/mol. The van der Waals surface area contributed by atoms with Crippen LogP contribution in [0, 0.1) is 13.8 Å². The number of aryl methyl sites for hydroxylation is 1. The van der Waals surface area contributed by atoms with Crippen LogP contribution < -0.4 is 4.74 Å². The molecule has 0 saturated heterocycles. The van der Waals surface area contributed by atoms with Crippen LogP contribution in [0.25, 0.3) is 6.08 Å². The summed E-state index contributed by atoms with van der Waals surface area (Å²) in [6.07, 6.45) is -6.31. The molecule has 0 unspecified atom stereocenters. The predicted molar refractivity (Wildman–Crippen MR) is 67.0 cm³/mol. The number of ether oxygens (including phenoxy) is 1. The van der Waals surface area contributed by atoms with Crippen LogP contribution in [0.15, 0.2) is 11.6 Å². The van der Waals surface area contributed by atoms with E-state index < -0.39 is 23.8 Å². The highest BCUT2D eigenvalue weighted by Crippen LogP contribution is 2.41. The number of aliphatic carboxylic acids is 1. The van der Waals surface area contributed by atoms with Crippen molar-refractivity contribution < 1.29 is 27.8 Å². The molecule has 0 fully saturated rings. The third-order valence-electron chi connectivity index (χ3n) is 3.06. The van der Waals surface area contributed by atoms with Gasteiger partial charge in [0, 0.05) is 10.6 Å². The van der Waals surface area contributed by atoms with Gasteiger partial charge in [0.15, 0.2) is 0 Å². The van der Waals surface area contributed by atoms with Gasteiger partial charge < -0.3 is 9.84 Å². The molecular weight excluding hydrogens is 297 g/mol. The van der Waals surface area contributed by atoms with Gasteiger partial charge in [-0.2, -0.15) is 13.2 Å². The largest absolute Gasteiger partial charge is 0.478 e. The number of rotatable bonds is 1. The summed E-state index contributed by atoms with van der Waals surface area (Å²) in [5.41, 5.74) is 0.462. The van der Waals surface area contributed by atoms with Crippen LogP contribution in [0.3, 0.4) is 0 Å². The van der Waals surface area contributed by atoms with Gasteiger partial charge >= 0.3 is 12.1 Å². The van der Waals surface area contributed by atoms with Crippen LogP contribution >= 0.6 is 11.6 Å². The maximum atomic E-state index is 12.9. The van der Waals surface area contributed by atoms with Crippen molar-refractivity contribution in [2.24, 2.45) is 0 Å². The van der Waals surface area contributed by atoms with Crippen LogP contribution in [0.2, 0.25) is 5.02 Å². The lowest BCUT2D eigenvalue weighted by Crippen LogP contribution is -2.40. The van der Waals surface area contributed by atoms with E-state index in [-0.39, 0.29) is 11.3 Å². The van der Waals surface area contributed by atoms with Gasteiger partial charge in [0.05, 0.1) is 5.57 Å². The second-order valence-corrected chi connectivity index (χ2v) is 4.87. The Labute approximate surface area is 117 Å². The summed E-state index contributed by atoms with van der Waals surface area (Å²) in [5.74, 6) is -1.69. The molecule has 0 aromatic heterocycles. The zero-order chi connectivity index (χ0) is 15.2. The first-order valence-corrected chi connectivity index (χ1v) is 5.98. The van der Waals surface area contributed by atoms with Gasteiger partial charge in [0.1, 0.15) is 5.75 Å². The quantitative estimate of drug-likeness (QED) is 0.859. The number of alkyl halides is 3. The van der Waals surface area contributed by atoms with Crippen molar-refractivity contribution in [1.82, 2.24) is 0 Å². The first-order chi connectivity index (χ1) is 9.12. The fourth-order valence-electron chi connectivity index (χ4n) is 2.05. The molecule has 108 valence electrons. The van der Waals surface area contributed by atoms with E-state index in [2.05, 4.69) is 0 Å². The van der Waals surface area contributed by atoms with Gasteiger partial charge in [0.2, 0.25) is 6.10 Å². The summed E-state index contributed by atoms with van der Waals surface area (Å²) in [5, 5.41) is 9.30. The Morgan fingerprint density at radius 1 is 1.40 bits per heavy atom. The molecule has 0 spiro atoms. The lowest BCUT2D eigenvalue weighted by Gasteiger charge is -2.28. The minimum atomic E-state index is -4.80. The van der Waals surface area contributed by atoms with Crippen molar-refractivity contribution in [3.8, 4) is 5.75 Å². The molecular formula is C13H10ClF3O3. The van der Waals surface area contributed by atoms with Crippen LogP contribution in [-0.4, -0.2) is 23.4 Å². The Bertz CT molecular complexity index is 620. The second kappa shape index (κ2) is 4.70. The summed E-state index contributed by atoms with van der Waals surface area (Å²) in [7, 11) is 0. The molecule has 1 aromatic carbocycles. The molecule has 1 atom stereocenters. The standard InChI is InChI=1S/C13H10ClF3O3/c1-5-3-9-7(6(2)10(5)14)4-8(12(18)19)11(20-9)13(15,16)17/h3-4,11H,1-2H3,(H,18,19)/t11-/m0/s1. The minimum absolute atomic E-state index is 0.0169. The smallest absolute Gasteiger partial charge is 0.430 e. The normalized spacial score (nSPS) is 18.1. The van der Waals surface area contributed by atoms with E-state index in [1.165, 1.54) is 6.07 Å². The number of benzene rings is 1. The number of fused-ring (bicyclic) bond motifs is 1. The molecule has 0 aliphatic carbocycles. The van der Waals surface area contributed by atoms with Gasteiger partial charge in [-0.15, -0.1) is 0 Å². The summed E-state index contributed by atoms with van der Waals surface area (Å²) in [6.45, 7) is 3.24. The molecule has 7 heteroatoms. The van der Waals surface area contributed by atoms with E-state index in [1.54, 1.807) is 13.8 Å². The Morgan fingerprint density at radius 3 is 2.50 bits per heavy atom. The molecule has 1 aromatic rings. The van der Waals surface area contributed by atoms with Crippen molar-refractivity contribution in [3.05, 3.63) is 33.4 Å². The molecule has 0 saturated carbocycles. The first kappa shape index (κ1) is 14.7. The van der Waals surface area contributed by atoms with Gasteiger partial charge in [-0.05, 0) is 37.1 Å². The molecule has 0 bridgehead atoms. The Hall–Kier alpha value is -1.69. The average molecular weight is 307 g/mol. The third kappa shape index (κ3) is 2.35. The molecule has 1 heterocycles. The van der Waals surface area contributed by atoms with Crippen LogP contribution in [0.1, 0.15) is 16.7 Å². The zero-order valence-corrected chi connectivity index (χ0v) is 11.3. The molecule has 0 amide bonds. The molecule has 1 aliphatic rings. The first-order valence-electron chi connectivity index (χ1n) is 5.61. The lowest BCUT2D eigenvalue weighted by molar-refractivity contribution is -0.187. The van der Waals surface area contributed by atoms with Crippen molar-refractivity contribution >= 4 is 23.6 Å². The molecule has 3 nitrogen and oxygen atoms in total. The highest BCUT2D eigenvalue weighted by Gasteiger charge is 2.48. The molecule has 1 N–H and O–H groups in total. The van der Waals surface area contributed by atoms with E-state index in [0.29, 0.717) is 16.1 Å². The van der Waals surface area contributed by atoms with Crippen LogP contribution in [0.5, 0.6) is 5.75 Å². The van der Waals surface area contributed by atoms with E-state index >= 15 is 0 Å². The molecule has 2 rings (SSSR count). The predicted octanol–water partition coefficient (Wildman–Crippen LogP) is 3.75. The van der Waals surface area contributed by atoms with Gasteiger partial charge in [-0.1, -0.05) is 11.6 Å². The molecule has 20 heavy (non-hydrogen) atoms. The summed E-state index contributed by atoms with van der Waals surface area (Å²) >= 11 is 6.01. The minimum Gasteiger partial charge on any atom is -0.478 e. The van der Waals surface area contributed by atoms with Gasteiger partial charge in [-0.25, -0.2) is 4.79 Å². The molecule has 1 aliphatic heterocycles. The van der Waals surface area contributed by atoms with Crippen LogP contribution in [0.4, 0.5) is 13.2 Å². The highest BCUT2D eigenvalue weighted by atomic mass is 35.5. The van der Waals surface area contributed by atoms with Crippen molar-refractivity contribution in [2.45, 2.75) is 26.1 Å². The topological polar surface area (TPSA) is 46.5 Å². The summed E-state index contributed by atoms with van der Waals surface area (Å²) in [4.78, 5) is 11.0. The van der Waals surface area contributed by atoms with Crippen LogP contribution in [-0.2, 0) is 4.79 Å². The Morgan fingerprint density at radius 2 is 2.00 bits per heavy atom. The van der Waals surface area contributed by atoms with E-state index in [4.69, 9.17) is 21.4 Å². The third-order valence-corrected chi connectivity index (χ3v) is 3.65. The number of carbonyl (C=O) groups is 1. The number of carboxylic acid groups (broad SMARTS) is 1. The fourth-order valence-corrected chi connectivity index (χ4v) is 2.21. The van der Waals surface area contributed by atoms with Gasteiger partial charge in [-0.3, -0.25) is 0 Å². The Balaban J connectivity index is 2.66. The summed E-state index contributed by atoms with van der Waals surface area (Å²) < 4.78 is 43.5.